The van der Waals surface area contributed by atoms with E-state index in [-0.39, 0.29) is 35.7 Å². The van der Waals surface area contributed by atoms with Crippen molar-refractivity contribution in [1.82, 2.24) is 14.7 Å². The number of hydrogen-bond donors (Lipinski definition) is 3. The number of aromatic amines is 1. The van der Waals surface area contributed by atoms with Gasteiger partial charge in [-0.15, -0.1) is 0 Å². The van der Waals surface area contributed by atoms with E-state index in [4.69, 9.17) is 9.47 Å². The van der Waals surface area contributed by atoms with Gasteiger partial charge in [-0.25, -0.2) is 18.1 Å². The lowest BCUT2D eigenvalue weighted by atomic mass is 9.88. The number of nitrogens with one attached hydrogen (secondary N) is 2. The van der Waals surface area contributed by atoms with E-state index < -0.39 is 31.4 Å². The van der Waals surface area contributed by atoms with Crippen LogP contribution in [-0.4, -0.2) is 47.0 Å². The van der Waals surface area contributed by atoms with Gasteiger partial charge in [-0.05, 0) is 68.0 Å². The normalized spacial score (nSPS) is 17.3. The molecule has 40 heavy (non-hydrogen) atoms. The number of nitrogens with zero attached hydrogens (tertiary/aromatic N) is 2. The molecule has 2 aromatic heterocycles. The van der Waals surface area contributed by atoms with Crippen molar-refractivity contribution in [3.63, 3.8) is 0 Å². The molecule has 5 rings (SSSR count). The molecular weight excluding hydrogens is 540 g/mol. The number of para-hydroxylation sites is 1. The fourth-order valence-corrected chi connectivity index (χ4v) is 5.52. The van der Waals surface area contributed by atoms with E-state index >= 15 is 0 Å². The molecule has 0 bridgehead atoms. The number of nitro groups is 1. The molecule has 0 unspecified atom stereocenters. The number of ether oxygens (including phenoxy) is 2. The molecular formula is C27H26N4O8S. The molecule has 0 spiro atoms. The summed E-state index contributed by atoms with van der Waals surface area (Å²) in [6.45, 7) is 0.208. The Kier molecular flexibility index (Phi) is 7.67. The van der Waals surface area contributed by atoms with Gasteiger partial charge in [0.15, 0.2) is 5.75 Å². The second-order valence-electron chi connectivity index (χ2n) is 9.49. The first-order valence-corrected chi connectivity index (χ1v) is 14.0. The van der Waals surface area contributed by atoms with Crippen LogP contribution in [-0.2, 0) is 10.0 Å². The number of sulfonamides is 1. The maximum atomic E-state index is 13.1. The molecule has 2 heterocycles. The summed E-state index contributed by atoms with van der Waals surface area (Å²) >= 11 is 0. The van der Waals surface area contributed by atoms with Crippen molar-refractivity contribution in [3.8, 4) is 17.2 Å². The maximum absolute atomic E-state index is 13.1. The van der Waals surface area contributed by atoms with Crippen molar-refractivity contribution in [2.24, 2.45) is 5.92 Å². The molecule has 1 aliphatic rings. The third-order valence-corrected chi connectivity index (χ3v) is 8.02. The van der Waals surface area contributed by atoms with Crippen molar-refractivity contribution < 1.29 is 32.7 Å². The van der Waals surface area contributed by atoms with Gasteiger partial charge < -0.3 is 19.6 Å². The van der Waals surface area contributed by atoms with Gasteiger partial charge in [-0.3, -0.25) is 14.9 Å². The zero-order chi connectivity index (χ0) is 28.3. The third-order valence-electron chi connectivity index (χ3n) is 6.69. The van der Waals surface area contributed by atoms with Gasteiger partial charge in [-0.2, -0.15) is 0 Å². The minimum atomic E-state index is -4.49. The maximum Gasteiger partial charge on any atom is 0.312 e. The van der Waals surface area contributed by atoms with E-state index in [1.807, 2.05) is 4.72 Å². The van der Waals surface area contributed by atoms with Gasteiger partial charge in [0.2, 0.25) is 0 Å². The van der Waals surface area contributed by atoms with Crippen LogP contribution in [0.2, 0.25) is 0 Å². The number of rotatable bonds is 9. The SMILES string of the molecule is O=C(NS(=O)(=O)c1ccc(OCC2CCC(O)CC2)c([N+](=O)[O-])c1)c1ccccc1Oc1cnc2[nH]ccc2c1. The Balaban J connectivity index is 1.32. The number of carbonyl (C=O) groups excluding carboxylic acids is 1. The van der Waals surface area contributed by atoms with E-state index in [1.54, 1.807) is 30.5 Å². The molecule has 2 aromatic carbocycles. The van der Waals surface area contributed by atoms with Crippen LogP contribution in [0.1, 0.15) is 36.0 Å². The van der Waals surface area contributed by atoms with Gasteiger partial charge in [0, 0.05) is 17.6 Å². The largest absolute Gasteiger partial charge is 0.487 e. The summed E-state index contributed by atoms with van der Waals surface area (Å²) in [5.74, 6) is -0.488. The Morgan fingerprint density at radius 2 is 1.88 bits per heavy atom. The molecule has 0 radical (unpaired) electrons. The number of aliphatic hydroxyl groups excluding tert-OH is 1. The summed E-state index contributed by atoms with van der Waals surface area (Å²) in [7, 11) is -4.49. The molecule has 1 amide bonds. The topological polar surface area (TPSA) is 174 Å². The lowest BCUT2D eigenvalue weighted by molar-refractivity contribution is -0.386. The molecule has 4 aromatic rings. The van der Waals surface area contributed by atoms with E-state index in [0.29, 0.717) is 24.2 Å². The minimum Gasteiger partial charge on any atom is -0.487 e. The van der Waals surface area contributed by atoms with Crippen molar-refractivity contribution in [3.05, 3.63) is 82.7 Å². The summed E-state index contributed by atoms with van der Waals surface area (Å²) in [5.41, 5.74) is 0.0543. The smallest absolute Gasteiger partial charge is 0.312 e. The second-order valence-corrected chi connectivity index (χ2v) is 11.2. The Bertz CT molecular complexity index is 1660. The number of aliphatic hydroxyl groups is 1. The summed E-state index contributed by atoms with van der Waals surface area (Å²) in [6, 6.07) is 12.8. The Labute approximate surface area is 229 Å². The first kappa shape index (κ1) is 27.1. The molecule has 12 nitrogen and oxygen atoms in total. The number of H-pyrrole nitrogens is 1. The minimum absolute atomic E-state index is 0.0627. The van der Waals surface area contributed by atoms with Gasteiger partial charge in [0.1, 0.15) is 17.1 Å². The quantitative estimate of drug-likeness (QED) is 0.197. The number of aromatic nitrogens is 2. The van der Waals surface area contributed by atoms with E-state index in [2.05, 4.69) is 9.97 Å². The number of carbonyl (C=O) groups is 1. The van der Waals surface area contributed by atoms with Crippen LogP contribution in [0.3, 0.4) is 0 Å². The highest BCUT2D eigenvalue weighted by atomic mass is 32.2. The number of amides is 1. The summed E-state index contributed by atoms with van der Waals surface area (Å²) < 4.78 is 39.5. The molecule has 13 heteroatoms. The molecule has 1 aliphatic carbocycles. The standard InChI is InChI=1S/C27H26N4O8S/c32-19-7-5-17(6-8-19)16-38-25-10-9-21(14-23(25)31(34)35)40(36,37)30-27(33)22-3-1-2-4-24(22)39-20-13-18-11-12-28-26(18)29-15-20/h1-4,9-15,17,19,32H,5-8,16H2,(H,28,29)(H,30,33). The summed E-state index contributed by atoms with van der Waals surface area (Å²) in [5, 5.41) is 22.1. The number of nitro benzene ring substituents is 1. The highest BCUT2D eigenvalue weighted by molar-refractivity contribution is 7.90. The van der Waals surface area contributed by atoms with Gasteiger partial charge in [0.25, 0.3) is 15.9 Å². The van der Waals surface area contributed by atoms with Crippen LogP contribution >= 0.6 is 0 Å². The first-order valence-electron chi connectivity index (χ1n) is 12.6. The predicted molar refractivity (Wildman–Crippen MR) is 144 cm³/mol. The monoisotopic (exact) mass is 566 g/mol. The van der Waals surface area contributed by atoms with Crippen molar-refractivity contribution in [1.29, 1.82) is 0 Å². The number of hydrogen-bond acceptors (Lipinski definition) is 9. The van der Waals surface area contributed by atoms with Gasteiger partial charge in [0.05, 0.1) is 34.3 Å². The first-order chi connectivity index (χ1) is 19.2. The van der Waals surface area contributed by atoms with Crippen LogP contribution in [0.25, 0.3) is 11.0 Å². The van der Waals surface area contributed by atoms with E-state index in [9.17, 15) is 28.4 Å². The van der Waals surface area contributed by atoms with Crippen molar-refractivity contribution in [2.45, 2.75) is 36.7 Å². The average Bonchev–Trinajstić information content (AvgIpc) is 3.40. The van der Waals surface area contributed by atoms with Crippen LogP contribution in [0.15, 0.2) is 71.9 Å². The van der Waals surface area contributed by atoms with E-state index in [1.165, 1.54) is 24.4 Å². The molecule has 0 saturated heterocycles. The number of pyridine rings is 1. The molecule has 1 fully saturated rings. The predicted octanol–water partition coefficient (Wildman–Crippen LogP) is 4.31. The Hall–Kier alpha value is -4.49. The van der Waals surface area contributed by atoms with Gasteiger partial charge >= 0.3 is 5.69 Å². The van der Waals surface area contributed by atoms with Crippen molar-refractivity contribution in [2.75, 3.05) is 6.61 Å². The second kappa shape index (κ2) is 11.3. The molecule has 3 N–H and O–H groups in total. The van der Waals surface area contributed by atoms with Gasteiger partial charge in [-0.1, -0.05) is 12.1 Å². The highest BCUT2D eigenvalue weighted by Crippen LogP contribution is 2.32. The zero-order valence-corrected chi connectivity index (χ0v) is 22.0. The van der Waals surface area contributed by atoms with Crippen LogP contribution in [0.4, 0.5) is 5.69 Å². The molecule has 0 atom stereocenters. The molecule has 208 valence electrons. The lowest BCUT2D eigenvalue weighted by Gasteiger charge is -2.25. The Morgan fingerprint density at radius 1 is 1.10 bits per heavy atom. The summed E-state index contributed by atoms with van der Waals surface area (Å²) in [4.78, 5) is 30.7. The van der Waals surface area contributed by atoms with Crippen LogP contribution in [0.5, 0.6) is 17.2 Å². The van der Waals surface area contributed by atoms with Crippen molar-refractivity contribution >= 4 is 32.7 Å². The molecule has 0 aliphatic heterocycles. The zero-order valence-electron chi connectivity index (χ0n) is 21.1. The highest BCUT2D eigenvalue weighted by Gasteiger charge is 2.27. The Morgan fingerprint density at radius 3 is 2.65 bits per heavy atom. The number of benzene rings is 2. The number of fused-ring (bicyclic) bond motifs is 1. The van der Waals surface area contributed by atoms with E-state index in [0.717, 1.165) is 30.4 Å². The van der Waals surface area contributed by atoms with Crippen LogP contribution < -0.4 is 14.2 Å². The summed E-state index contributed by atoms with van der Waals surface area (Å²) in [6.07, 6.45) is 5.59. The van der Waals surface area contributed by atoms with Crippen LogP contribution in [0, 0.1) is 16.0 Å². The average molecular weight is 567 g/mol. The fourth-order valence-electron chi connectivity index (χ4n) is 4.53. The third kappa shape index (κ3) is 6.05. The lowest BCUT2D eigenvalue weighted by Crippen LogP contribution is -2.31. The molecule has 1 saturated carbocycles. The fraction of sp³-hybridized carbons (Fsp3) is 0.259.